The smallest absolute Gasteiger partial charge is 0.253 e. The van der Waals surface area contributed by atoms with Crippen LogP contribution in [0.2, 0.25) is 0 Å². The van der Waals surface area contributed by atoms with Gasteiger partial charge in [-0.05, 0) is 43.5 Å². The van der Waals surface area contributed by atoms with E-state index in [4.69, 9.17) is 0 Å². The molecule has 27 heavy (non-hydrogen) atoms. The molecule has 1 N–H and O–H groups in total. The number of rotatable bonds is 3. The number of hydrogen-bond donors (Lipinski definition) is 1. The highest BCUT2D eigenvalue weighted by Crippen LogP contribution is 2.32. The second-order valence-corrected chi connectivity index (χ2v) is 7.85. The maximum Gasteiger partial charge on any atom is 0.253 e. The van der Waals surface area contributed by atoms with Crippen LogP contribution in [0, 0.1) is 6.92 Å². The maximum absolute atomic E-state index is 12.8. The van der Waals surface area contributed by atoms with Crippen LogP contribution < -0.4 is 0 Å². The fraction of sp³-hybridized carbons (Fsp3) is 0.286. The lowest BCUT2D eigenvalue weighted by Gasteiger charge is -2.37. The maximum atomic E-state index is 12.8. The molecule has 0 unspecified atom stereocenters. The first kappa shape index (κ1) is 17.8. The molecule has 0 saturated carbocycles. The number of piperidine rings is 1. The number of aliphatic hydroxyl groups is 1. The Morgan fingerprint density at radius 1 is 1.11 bits per heavy atom. The molecule has 6 heteroatoms. The van der Waals surface area contributed by atoms with Crippen molar-refractivity contribution in [2.45, 2.75) is 25.4 Å². The molecular formula is C21H21N3O2S. The van der Waals surface area contributed by atoms with Crippen molar-refractivity contribution in [3.05, 3.63) is 71.0 Å². The average Bonchev–Trinajstić information content (AvgIpc) is 3.23. The van der Waals surface area contributed by atoms with Gasteiger partial charge in [0.1, 0.15) is 10.6 Å². The summed E-state index contributed by atoms with van der Waals surface area (Å²) in [5.74, 6) is -0.000367. The Bertz CT molecular complexity index is 913. The average molecular weight is 379 g/mol. The molecule has 0 atom stereocenters. The lowest BCUT2D eigenvalue weighted by molar-refractivity contribution is -0.0244. The fourth-order valence-corrected chi connectivity index (χ4v) is 4.03. The molecular weight excluding hydrogens is 358 g/mol. The van der Waals surface area contributed by atoms with Gasteiger partial charge < -0.3 is 10.0 Å². The minimum atomic E-state index is -0.959. The van der Waals surface area contributed by atoms with Crippen LogP contribution in [-0.2, 0) is 5.60 Å². The largest absolute Gasteiger partial charge is 0.383 e. The molecule has 1 aliphatic heterocycles. The van der Waals surface area contributed by atoms with Gasteiger partial charge in [0.15, 0.2) is 0 Å². The molecule has 1 aromatic carbocycles. The summed E-state index contributed by atoms with van der Waals surface area (Å²) < 4.78 is 0. The van der Waals surface area contributed by atoms with Gasteiger partial charge >= 0.3 is 0 Å². The molecule has 2 aromatic heterocycles. The van der Waals surface area contributed by atoms with Crippen LogP contribution in [0.5, 0.6) is 0 Å². The number of hydrogen-bond acceptors (Lipinski definition) is 5. The number of carbonyl (C=O) groups is 1. The molecule has 1 saturated heterocycles. The van der Waals surface area contributed by atoms with Crippen molar-refractivity contribution in [2.24, 2.45) is 0 Å². The normalized spacial score (nSPS) is 16.3. The lowest BCUT2D eigenvalue weighted by atomic mass is 9.87. The number of amides is 1. The first-order valence-corrected chi connectivity index (χ1v) is 9.88. The van der Waals surface area contributed by atoms with Crippen LogP contribution in [0.4, 0.5) is 0 Å². The van der Waals surface area contributed by atoms with Crippen molar-refractivity contribution >= 4 is 17.2 Å². The van der Waals surface area contributed by atoms with Gasteiger partial charge in [0.05, 0.1) is 5.69 Å². The Hall–Kier alpha value is -2.57. The van der Waals surface area contributed by atoms with Gasteiger partial charge in [-0.2, -0.15) is 0 Å². The molecule has 0 aliphatic carbocycles. The topological polar surface area (TPSA) is 66.3 Å². The van der Waals surface area contributed by atoms with Gasteiger partial charge in [0.25, 0.3) is 5.91 Å². The molecule has 1 aliphatic rings. The van der Waals surface area contributed by atoms with E-state index in [0.29, 0.717) is 37.2 Å². The number of nitrogens with zero attached hydrogens (tertiary/aromatic N) is 3. The van der Waals surface area contributed by atoms with E-state index in [0.717, 1.165) is 16.1 Å². The first-order valence-electron chi connectivity index (χ1n) is 9.00. The van der Waals surface area contributed by atoms with Crippen LogP contribution in [0.25, 0.3) is 10.6 Å². The highest BCUT2D eigenvalue weighted by molar-refractivity contribution is 7.13. The molecule has 3 heterocycles. The third-order valence-corrected chi connectivity index (χ3v) is 5.90. The van der Waals surface area contributed by atoms with E-state index in [1.807, 2.05) is 48.7 Å². The molecule has 138 valence electrons. The van der Waals surface area contributed by atoms with Gasteiger partial charge in [-0.15, -0.1) is 11.3 Å². The van der Waals surface area contributed by atoms with E-state index >= 15 is 0 Å². The van der Waals surface area contributed by atoms with Gasteiger partial charge in [-0.3, -0.25) is 9.78 Å². The molecule has 0 spiro atoms. The molecule has 3 aromatic rings. The summed E-state index contributed by atoms with van der Waals surface area (Å²) in [6.07, 6.45) is 4.53. The summed E-state index contributed by atoms with van der Waals surface area (Å²) in [5.41, 5.74) is 2.47. The molecule has 5 nitrogen and oxygen atoms in total. The molecule has 1 fully saturated rings. The number of carbonyl (C=O) groups excluding carboxylic acids is 1. The Labute approximate surface area is 162 Å². The number of aryl methyl sites for hydroxylation is 1. The van der Waals surface area contributed by atoms with Gasteiger partial charge in [0, 0.05) is 42.0 Å². The number of benzene rings is 1. The zero-order valence-electron chi connectivity index (χ0n) is 15.1. The third-order valence-electron chi connectivity index (χ3n) is 5.08. The molecule has 0 bridgehead atoms. The van der Waals surface area contributed by atoms with Crippen LogP contribution in [0.15, 0.2) is 54.2 Å². The highest BCUT2D eigenvalue weighted by Gasteiger charge is 2.36. The molecule has 4 rings (SSSR count). The summed E-state index contributed by atoms with van der Waals surface area (Å²) in [6, 6.07) is 11.4. The zero-order valence-corrected chi connectivity index (χ0v) is 15.9. The van der Waals surface area contributed by atoms with E-state index in [2.05, 4.69) is 9.97 Å². The van der Waals surface area contributed by atoms with Crippen molar-refractivity contribution in [1.82, 2.24) is 14.9 Å². The predicted molar refractivity (Wildman–Crippen MR) is 106 cm³/mol. The SMILES string of the molecule is Cc1ccc(C2(O)CCN(C(=O)c3ccc(-c4nccs4)cc3)CC2)nc1. The Morgan fingerprint density at radius 3 is 2.44 bits per heavy atom. The number of likely N-dealkylation sites (tertiary alicyclic amines) is 1. The summed E-state index contributed by atoms with van der Waals surface area (Å²) in [6.45, 7) is 3.00. The van der Waals surface area contributed by atoms with E-state index in [-0.39, 0.29) is 5.91 Å². The Balaban J connectivity index is 1.43. The van der Waals surface area contributed by atoms with Crippen LogP contribution in [-0.4, -0.2) is 39.0 Å². The summed E-state index contributed by atoms with van der Waals surface area (Å²) in [4.78, 5) is 23.3. The van der Waals surface area contributed by atoms with E-state index in [9.17, 15) is 9.90 Å². The van der Waals surface area contributed by atoms with E-state index < -0.39 is 5.60 Å². The lowest BCUT2D eigenvalue weighted by Crippen LogP contribution is -2.45. The van der Waals surface area contributed by atoms with Crippen molar-refractivity contribution in [1.29, 1.82) is 0 Å². The van der Waals surface area contributed by atoms with Gasteiger partial charge in [-0.1, -0.05) is 18.2 Å². The zero-order chi connectivity index (χ0) is 18.9. The minimum Gasteiger partial charge on any atom is -0.383 e. The number of pyridine rings is 1. The van der Waals surface area contributed by atoms with E-state index in [1.54, 1.807) is 28.6 Å². The van der Waals surface area contributed by atoms with E-state index in [1.165, 1.54) is 0 Å². The van der Waals surface area contributed by atoms with Crippen molar-refractivity contribution in [3.63, 3.8) is 0 Å². The van der Waals surface area contributed by atoms with Crippen LogP contribution in [0.1, 0.15) is 34.5 Å². The Kier molecular flexibility index (Phi) is 4.76. The quantitative estimate of drug-likeness (QED) is 0.755. The standard InChI is InChI=1S/C21H21N3O2S/c1-15-2-7-18(23-14-15)21(26)8-11-24(12-9-21)20(25)17-5-3-16(4-6-17)19-22-10-13-27-19/h2-7,10,13-14,26H,8-9,11-12H2,1H3. The number of aromatic nitrogens is 2. The molecule has 0 radical (unpaired) electrons. The summed E-state index contributed by atoms with van der Waals surface area (Å²) >= 11 is 1.58. The molecule has 1 amide bonds. The second-order valence-electron chi connectivity index (χ2n) is 6.96. The predicted octanol–water partition coefficient (Wildman–Crippen LogP) is 3.64. The van der Waals surface area contributed by atoms with Crippen LogP contribution in [0.3, 0.4) is 0 Å². The summed E-state index contributed by atoms with van der Waals surface area (Å²) in [7, 11) is 0. The minimum absolute atomic E-state index is 0.000367. The first-order chi connectivity index (χ1) is 13.0. The highest BCUT2D eigenvalue weighted by atomic mass is 32.1. The summed E-state index contributed by atoms with van der Waals surface area (Å²) in [5, 5.41) is 13.8. The third kappa shape index (κ3) is 3.63. The van der Waals surface area contributed by atoms with Gasteiger partial charge in [-0.25, -0.2) is 4.98 Å². The van der Waals surface area contributed by atoms with Crippen molar-refractivity contribution in [2.75, 3.05) is 13.1 Å². The monoisotopic (exact) mass is 379 g/mol. The van der Waals surface area contributed by atoms with Crippen molar-refractivity contribution < 1.29 is 9.90 Å². The number of thiazole rings is 1. The van der Waals surface area contributed by atoms with Gasteiger partial charge in [0.2, 0.25) is 0 Å². The van der Waals surface area contributed by atoms with Crippen molar-refractivity contribution in [3.8, 4) is 10.6 Å². The fourth-order valence-electron chi connectivity index (χ4n) is 3.38. The Morgan fingerprint density at radius 2 is 1.85 bits per heavy atom. The second kappa shape index (κ2) is 7.21. The van der Waals surface area contributed by atoms with Crippen LogP contribution >= 0.6 is 11.3 Å².